The smallest absolute Gasteiger partial charge is 0.261 e. The lowest BCUT2D eigenvalue weighted by atomic mass is 10.1. The number of thiophene rings is 1. The molecule has 0 spiro atoms. The molecule has 1 amide bonds. The number of nitrogens with zero attached hydrogens (tertiary/aromatic N) is 2. The third-order valence-corrected chi connectivity index (χ3v) is 5.90. The largest absolute Gasteiger partial charge is 0.488 e. The Labute approximate surface area is 170 Å². The molecule has 2 aromatic heterocycles. The summed E-state index contributed by atoms with van der Waals surface area (Å²) in [6.45, 7) is 11.4. The molecule has 1 atom stereocenters. The van der Waals surface area contributed by atoms with Crippen molar-refractivity contribution in [3.63, 3.8) is 0 Å². The summed E-state index contributed by atoms with van der Waals surface area (Å²) in [6, 6.07) is 7.92. The van der Waals surface area contributed by atoms with Crippen LogP contribution in [-0.4, -0.2) is 15.7 Å². The summed E-state index contributed by atoms with van der Waals surface area (Å²) in [6.07, 6.45) is 1.84. The average molecular weight is 398 g/mol. The van der Waals surface area contributed by atoms with Crippen LogP contribution in [0.4, 0.5) is 0 Å². The first-order chi connectivity index (χ1) is 13.4. The minimum atomic E-state index is -0.0933. The van der Waals surface area contributed by atoms with Crippen LogP contribution in [0.1, 0.15) is 57.5 Å². The van der Waals surface area contributed by atoms with Crippen LogP contribution in [-0.2, 0) is 13.2 Å². The maximum atomic E-state index is 12.6. The number of amides is 1. The molecule has 0 aliphatic heterocycles. The molecule has 5 nitrogen and oxygen atoms in total. The standard InChI is InChI=1S/C22H27N3O2S/c1-6-25-17(5)19(11-23-25)16(4)24-22(26)20-10-18(13-28-20)12-27-21-14(2)8-7-9-15(21)3/h7-11,13,16H,6,12H2,1-5H3,(H,24,26). The van der Waals surface area contributed by atoms with E-state index in [0.29, 0.717) is 11.5 Å². The topological polar surface area (TPSA) is 56.2 Å². The molecule has 0 fully saturated rings. The zero-order valence-electron chi connectivity index (χ0n) is 17.1. The molecule has 6 heteroatoms. The Balaban J connectivity index is 1.63. The lowest BCUT2D eigenvalue weighted by Gasteiger charge is -2.13. The van der Waals surface area contributed by atoms with Crippen LogP contribution in [0.15, 0.2) is 35.8 Å². The Morgan fingerprint density at radius 1 is 1.29 bits per heavy atom. The number of hydrogen-bond acceptors (Lipinski definition) is 4. The van der Waals surface area contributed by atoms with E-state index in [4.69, 9.17) is 4.74 Å². The van der Waals surface area contributed by atoms with Gasteiger partial charge in [-0.3, -0.25) is 9.48 Å². The number of carbonyl (C=O) groups excluding carboxylic acids is 1. The predicted molar refractivity (Wildman–Crippen MR) is 113 cm³/mol. The van der Waals surface area contributed by atoms with Crippen LogP contribution >= 0.6 is 11.3 Å². The van der Waals surface area contributed by atoms with Gasteiger partial charge in [0, 0.05) is 23.4 Å². The van der Waals surface area contributed by atoms with Crippen molar-refractivity contribution in [3.8, 4) is 5.75 Å². The maximum absolute atomic E-state index is 12.6. The minimum Gasteiger partial charge on any atom is -0.488 e. The first-order valence-corrected chi connectivity index (χ1v) is 10.4. The van der Waals surface area contributed by atoms with Crippen molar-refractivity contribution in [2.75, 3.05) is 0 Å². The van der Waals surface area contributed by atoms with Gasteiger partial charge in [0.2, 0.25) is 0 Å². The molecule has 0 radical (unpaired) electrons. The molecule has 148 valence electrons. The second-order valence-corrected chi connectivity index (χ2v) is 7.94. The highest BCUT2D eigenvalue weighted by Crippen LogP contribution is 2.25. The molecule has 0 saturated carbocycles. The van der Waals surface area contributed by atoms with Crippen LogP contribution in [0.5, 0.6) is 5.75 Å². The number of carbonyl (C=O) groups is 1. The number of hydrogen-bond donors (Lipinski definition) is 1. The minimum absolute atomic E-state index is 0.0699. The number of aryl methyl sites for hydroxylation is 3. The average Bonchev–Trinajstić information content (AvgIpc) is 3.28. The highest BCUT2D eigenvalue weighted by molar-refractivity contribution is 7.12. The van der Waals surface area contributed by atoms with Crippen molar-refractivity contribution in [3.05, 3.63) is 68.7 Å². The molecule has 1 unspecified atom stereocenters. The van der Waals surface area contributed by atoms with Gasteiger partial charge >= 0.3 is 0 Å². The molecule has 3 rings (SSSR count). The summed E-state index contributed by atoms with van der Waals surface area (Å²) in [4.78, 5) is 13.3. The molecular formula is C22H27N3O2S. The van der Waals surface area contributed by atoms with E-state index in [-0.39, 0.29) is 11.9 Å². The van der Waals surface area contributed by atoms with Gasteiger partial charge in [0.15, 0.2) is 0 Å². The molecule has 0 aliphatic rings. The second kappa shape index (κ2) is 8.61. The fourth-order valence-corrected chi connectivity index (χ4v) is 4.10. The molecule has 3 aromatic rings. The molecule has 28 heavy (non-hydrogen) atoms. The van der Waals surface area contributed by atoms with Gasteiger partial charge in [-0.15, -0.1) is 11.3 Å². The number of ether oxygens (including phenoxy) is 1. The number of para-hydroxylation sites is 1. The van der Waals surface area contributed by atoms with Crippen LogP contribution < -0.4 is 10.1 Å². The van der Waals surface area contributed by atoms with Gasteiger partial charge in [0.1, 0.15) is 12.4 Å². The van der Waals surface area contributed by atoms with Crippen molar-refractivity contribution < 1.29 is 9.53 Å². The predicted octanol–water partition coefficient (Wildman–Crippen LogP) is 4.96. The van der Waals surface area contributed by atoms with Gasteiger partial charge in [-0.2, -0.15) is 5.10 Å². The van der Waals surface area contributed by atoms with Crippen LogP contribution in [0, 0.1) is 20.8 Å². The Hall–Kier alpha value is -2.60. The van der Waals surface area contributed by atoms with Crippen molar-refractivity contribution in [2.24, 2.45) is 0 Å². The molecule has 0 aliphatic carbocycles. The Morgan fingerprint density at radius 3 is 2.64 bits per heavy atom. The summed E-state index contributed by atoms with van der Waals surface area (Å²) < 4.78 is 7.93. The Bertz CT molecular complexity index is 954. The number of rotatable bonds is 7. The van der Waals surface area contributed by atoms with E-state index < -0.39 is 0 Å². The zero-order chi connectivity index (χ0) is 20.3. The number of aromatic nitrogens is 2. The SMILES string of the molecule is CCn1ncc(C(C)NC(=O)c2cc(COc3c(C)cccc3C)cs2)c1C. The van der Waals surface area contributed by atoms with Crippen molar-refractivity contribution in [1.29, 1.82) is 0 Å². The molecule has 0 saturated heterocycles. The summed E-state index contributed by atoms with van der Waals surface area (Å²) in [5.74, 6) is 0.844. The van der Waals surface area contributed by atoms with Gasteiger partial charge in [0.05, 0.1) is 17.1 Å². The van der Waals surface area contributed by atoms with E-state index in [0.717, 1.165) is 40.2 Å². The zero-order valence-corrected chi connectivity index (χ0v) is 17.9. The maximum Gasteiger partial charge on any atom is 0.261 e. The first-order valence-electron chi connectivity index (χ1n) is 9.50. The summed E-state index contributed by atoms with van der Waals surface area (Å²) in [5.41, 5.74) is 5.37. The molecule has 1 N–H and O–H groups in total. The fourth-order valence-electron chi connectivity index (χ4n) is 3.30. The highest BCUT2D eigenvalue weighted by Gasteiger charge is 2.17. The van der Waals surface area contributed by atoms with E-state index in [9.17, 15) is 4.79 Å². The number of nitrogens with one attached hydrogen (secondary N) is 1. The lowest BCUT2D eigenvalue weighted by molar-refractivity contribution is 0.0944. The quantitative estimate of drug-likeness (QED) is 0.613. The van der Waals surface area contributed by atoms with E-state index in [2.05, 4.69) is 17.3 Å². The third kappa shape index (κ3) is 4.28. The second-order valence-electron chi connectivity index (χ2n) is 7.03. The van der Waals surface area contributed by atoms with Crippen molar-refractivity contribution in [1.82, 2.24) is 15.1 Å². The Morgan fingerprint density at radius 2 is 2.00 bits per heavy atom. The van der Waals surface area contributed by atoms with E-state index in [1.165, 1.54) is 11.3 Å². The normalized spacial score (nSPS) is 12.0. The van der Waals surface area contributed by atoms with Crippen LogP contribution in [0.3, 0.4) is 0 Å². The first kappa shape index (κ1) is 20.1. The molecular weight excluding hydrogens is 370 g/mol. The van der Waals surface area contributed by atoms with E-state index >= 15 is 0 Å². The van der Waals surface area contributed by atoms with E-state index in [1.54, 1.807) is 0 Å². The van der Waals surface area contributed by atoms with Gasteiger partial charge in [-0.1, -0.05) is 18.2 Å². The Kier molecular flexibility index (Phi) is 6.19. The summed E-state index contributed by atoms with van der Waals surface area (Å²) >= 11 is 1.44. The van der Waals surface area contributed by atoms with Gasteiger partial charge < -0.3 is 10.1 Å². The van der Waals surface area contributed by atoms with Crippen LogP contribution in [0.2, 0.25) is 0 Å². The van der Waals surface area contributed by atoms with E-state index in [1.807, 2.05) is 68.2 Å². The molecule has 2 heterocycles. The summed E-state index contributed by atoms with van der Waals surface area (Å²) in [7, 11) is 0. The summed E-state index contributed by atoms with van der Waals surface area (Å²) in [5, 5.41) is 9.41. The molecule has 0 bridgehead atoms. The van der Waals surface area contributed by atoms with Crippen LogP contribution in [0.25, 0.3) is 0 Å². The lowest BCUT2D eigenvalue weighted by Crippen LogP contribution is -2.26. The fraction of sp³-hybridized carbons (Fsp3) is 0.364. The molecule has 1 aromatic carbocycles. The van der Waals surface area contributed by atoms with Crippen molar-refractivity contribution in [2.45, 2.75) is 53.8 Å². The third-order valence-electron chi connectivity index (χ3n) is 4.92. The van der Waals surface area contributed by atoms with Gasteiger partial charge in [0.25, 0.3) is 5.91 Å². The number of benzene rings is 1. The highest BCUT2D eigenvalue weighted by atomic mass is 32.1. The van der Waals surface area contributed by atoms with Gasteiger partial charge in [-0.05, 0) is 57.2 Å². The van der Waals surface area contributed by atoms with Gasteiger partial charge in [-0.25, -0.2) is 0 Å². The monoisotopic (exact) mass is 397 g/mol. The van der Waals surface area contributed by atoms with Crippen molar-refractivity contribution >= 4 is 17.2 Å².